The third-order valence-corrected chi connectivity index (χ3v) is 0.988. The van der Waals surface area contributed by atoms with E-state index in [0.29, 0.717) is 13.2 Å². The molecule has 0 atom stereocenters. The van der Waals surface area contributed by atoms with Gasteiger partial charge in [0, 0.05) is 0 Å². The Hall–Kier alpha value is -0.780. The van der Waals surface area contributed by atoms with Crippen molar-refractivity contribution in [2.45, 2.75) is 13.8 Å². The molecule has 0 saturated carbocycles. The second-order valence-corrected chi connectivity index (χ2v) is 2.31. The summed E-state index contributed by atoms with van der Waals surface area (Å²) in [6.45, 7) is 4.93. The topological polar surface area (TPSA) is 29.5 Å². The summed E-state index contributed by atoms with van der Waals surface area (Å²) < 4.78 is 5.09. The van der Waals surface area contributed by atoms with Gasteiger partial charge in [-0.3, -0.25) is 0 Å². The first kappa shape index (κ1) is 10.2. The molecule has 0 rings (SSSR count). The van der Waals surface area contributed by atoms with E-state index >= 15 is 0 Å². The molecule has 62 valence electrons. The molecule has 2 heteroatoms. The third-order valence-electron chi connectivity index (χ3n) is 0.988. The molecule has 0 aromatic rings. The molecule has 1 N–H and O–H groups in total. The lowest BCUT2D eigenvalue weighted by atomic mass is 10.3. The van der Waals surface area contributed by atoms with Gasteiger partial charge in [-0.2, -0.15) is 0 Å². The number of hydrogen-bond donors (Lipinski definition) is 1. The molecule has 0 heterocycles. The molecule has 0 amide bonds. The van der Waals surface area contributed by atoms with Crippen LogP contribution in [0.4, 0.5) is 0 Å². The Kier molecular flexibility index (Phi) is 6.81. The molecule has 0 aliphatic carbocycles. The molecule has 0 radical (unpaired) electrons. The number of allylic oxidation sites excluding steroid dienone is 1. The number of aliphatic hydroxyl groups excluding tert-OH is 1. The number of ether oxygens (including phenoxy) is 1. The highest BCUT2D eigenvalue weighted by Gasteiger charge is 1.78. The molecule has 0 unspecified atom stereocenters. The maximum absolute atomic E-state index is 8.27. The van der Waals surface area contributed by atoms with Gasteiger partial charge in [-0.25, -0.2) is 0 Å². The molecular weight excluding hydrogens is 140 g/mol. The average Bonchev–Trinajstić information content (AvgIpc) is 1.96. The smallest absolute Gasteiger partial charge is 0.108 e. The summed E-state index contributed by atoms with van der Waals surface area (Å²) in [5, 5.41) is 8.27. The molecule has 0 aromatic heterocycles. The summed E-state index contributed by atoms with van der Waals surface area (Å²) in [6.07, 6.45) is 1.99. The fourth-order valence-corrected chi connectivity index (χ4v) is 0.442. The van der Waals surface area contributed by atoms with Gasteiger partial charge in [0.25, 0.3) is 0 Å². The standard InChI is InChI=1S/C9H14O2/c1-9(2)5-8-11-7-4-3-6-10/h5,10H,6-8H2,1-2H3. The molecule has 0 aliphatic heterocycles. The summed E-state index contributed by atoms with van der Waals surface area (Å²) in [5.41, 5.74) is 1.24. The van der Waals surface area contributed by atoms with Crippen molar-refractivity contribution in [3.05, 3.63) is 11.6 Å². The van der Waals surface area contributed by atoms with Crippen molar-refractivity contribution in [2.75, 3.05) is 19.8 Å². The summed E-state index contributed by atoms with van der Waals surface area (Å²) >= 11 is 0. The van der Waals surface area contributed by atoms with E-state index in [1.807, 2.05) is 19.9 Å². The van der Waals surface area contributed by atoms with Crippen molar-refractivity contribution in [1.29, 1.82) is 0 Å². The first-order chi connectivity index (χ1) is 5.27. The van der Waals surface area contributed by atoms with Gasteiger partial charge < -0.3 is 9.84 Å². The lowest BCUT2D eigenvalue weighted by Crippen LogP contribution is -1.91. The molecule has 2 nitrogen and oxygen atoms in total. The maximum Gasteiger partial charge on any atom is 0.108 e. The Morgan fingerprint density at radius 3 is 2.73 bits per heavy atom. The van der Waals surface area contributed by atoms with Gasteiger partial charge in [-0.1, -0.05) is 23.5 Å². The van der Waals surface area contributed by atoms with Gasteiger partial charge in [0.1, 0.15) is 13.2 Å². The molecule has 0 bridgehead atoms. The summed E-state index contributed by atoms with van der Waals surface area (Å²) in [6, 6.07) is 0. The largest absolute Gasteiger partial charge is 0.384 e. The second kappa shape index (κ2) is 7.33. The quantitative estimate of drug-likeness (QED) is 0.373. The van der Waals surface area contributed by atoms with Crippen LogP contribution in [0.25, 0.3) is 0 Å². The predicted molar refractivity (Wildman–Crippen MR) is 45.1 cm³/mol. The van der Waals surface area contributed by atoms with E-state index in [9.17, 15) is 0 Å². The van der Waals surface area contributed by atoms with Crippen molar-refractivity contribution in [3.63, 3.8) is 0 Å². The first-order valence-electron chi connectivity index (χ1n) is 3.55. The predicted octanol–water partition coefficient (Wildman–Crippen LogP) is 0.965. The third kappa shape index (κ3) is 9.22. The van der Waals surface area contributed by atoms with Crippen LogP contribution in [0.1, 0.15) is 13.8 Å². The van der Waals surface area contributed by atoms with Gasteiger partial charge in [0.15, 0.2) is 0 Å². The van der Waals surface area contributed by atoms with Crippen LogP contribution in [0.5, 0.6) is 0 Å². The van der Waals surface area contributed by atoms with E-state index in [2.05, 4.69) is 11.8 Å². The zero-order chi connectivity index (χ0) is 8.53. The van der Waals surface area contributed by atoms with Gasteiger partial charge in [0.2, 0.25) is 0 Å². The van der Waals surface area contributed by atoms with E-state index in [-0.39, 0.29) is 6.61 Å². The number of hydrogen-bond acceptors (Lipinski definition) is 2. The van der Waals surface area contributed by atoms with Crippen molar-refractivity contribution in [2.24, 2.45) is 0 Å². The van der Waals surface area contributed by atoms with Crippen LogP contribution in [-0.2, 0) is 4.74 Å². The van der Waals surface area contributed by atoms with Gasteiger partial charge in [0.05, 0.1) is 6.61 Å². The molecule has 0 spiro atoms. The van der Waals surface area contributed by atoms with Crippen LogP contribution in [0, 0.1) is 11.8 Å². The highest BCUT2D eigenvalue weighted by Crippen LogP contribution is 1.87. The molecular formula is C9H14O2. The van der Waals surface area contributed by atoms with Crippen molar-refractivity contribution in [1.82, 2.24) is 0 Å². The van der Waals surface area contributed by atoms with Gasteiger partial charge in [-0.15, -0.1) is 0 Å². The molecule has 0 fully saturated rings. The van der Waals surface area contributed by atoms with Crippen LogP contribution in [-0.4, -0.2) is 24.9 Å². The lowest BCUT2D eigenvalue weighted by molar-refractivity contribution is 0.198. The van der Waals surface area contributed by atoms with Crippen LogP contribution in [0.15, 0.2) is 11.6 Å². The summed E-state index contributed by atoms with van der Waals surface area (Å²) in [5.74, 6) is 5.15. The zero-order valence-electron chi connectivity index (χ0n) is 7.05. The van der Waals surface area contributed by atoms with E-state index in [1.165, 1.54) is 5.57 Å². The van der Waals surface area contributed by atoms with E-state index in [4.69, 9.17) is 9.84 Å². The lowest BCUT2D eigenvalue weighted by Gasteiger charge is -1.93. The maximum atomic E-state index is 8.27. The Morgan fingerprint density at radius 2 is 2.18 bits per heavy atom. The second-order valence-electron chi connectivity index (χ2n) is 2.31. The fraction of sp³-hybridized carbons (Fsp3) is 0.556. The molecule has 11 heavy (non-hydrogen) atoms. The van der Waals surface area contributed by atoms with Crippen LogP contribution >= 0.6 is 0 Å². The Labute approximate surface area is 67.9 Å². The minimum absolute atomic E-state index is 0.0913. The van der Waals surface area contributed by atoms with E-state index in [0.717, 1.165) is 0 Å². The number of aliphatic hydroxyl groups is 1. The Bertz CT molecular complexity index is 168. The first-order valence-corrected chi connectivity index (χ1v) is 3.55. The fourth-order valence-electron chi connectivity index (χ4n) is 0.442. The van der Waals surface area contributed by atoms with Gasteiger partial charge in [-0.05, 0) is 13.8 Å². The van der Waals surface area contributed by atoms with Crippen LogP contribution in [0.3, 0.4) is 0 Å². The molecule has 0 aliphatic rings. The minimum atomic E-state index is -0.0913. The van der Waals surface area contributed by atoms with E-state index < -0.39 is 0 Å². The summed E-state index contributed by atoms with van der Waals surface area (Å²) in [4.78, 5) is 0. The molecule has 0 saturated heterocycles. The minimum Gasteiger partial charge on any atom is -0.384 e. The number of rotatable bonds is 3. The average molecular weight is 154 g/mol. The normalized spacial score (nSPS) is 8.27. The zero-order valence-corrected chi connectivity index (χ0v) is 7.05. The Balaban J connectivity index is 3.22. The van der Waals surface area contributed by atoms with Crippen LogP contribution < -0.4 is 0 Å². The highest BCUT2D eigenvalue weighted by atomic mass is 16.5. The monoisotopic (exact) mass is 154 g/mol. The SMILES string of the molecule is CC(C)=CCOCC#CCO. The highest BCUT2D eigenvalue weighted by molar-refractivity contribution is 4.99. The van der Waals surface area contributed by atoms with Crippen LogP contribution in [0.2, 0.25) is 0 Å². The summed E-state index contributed by atoms with van der Waals surface area (Å²) in [7, 11) is 0. The van der Waals surface area contributed by atoms with Crippen molar-refractivity contribution >= 4 is 0 Å². The van der Waals surface area contributed by atoms with E-state index in [1.54, 1.807) is 0 Å². The Morgan fingerprint density at radius 1 is 1.45 bits per heavy atom. The van der Waals surface area contributed by atoms with Crippen molar-refractivity contribution < 1.29 is 9.84 Å². The van der Waals surface area contributed by atoms with Gasteiger partial charge >= 0.3 is 0 Å². The molecule has 0 aromatic carbocycles. The van der Waals surface area contributed by atoms with Crippen molar-refractivity contribution in [3.8, 4) is 11.8 Å².